The van der Waals surface area contributed by atoms with Gasteiger partial charge in [0.05, 0.1) is 29.6 Å². The Kier molecular flexibility index (Phi) is 4.45. The van der Waals surface area contributed by atoms with Gasteiger partial charge in [0, 0.05) is 6.20 Å². The number of sulfonamides is 1. The molecule has 0 saturated heterocycles. The van der Waals surface area contributed by atoms with Crippen LogP contribution in [0.5, 0.6) is 0 Å². The Morgan fingerprint density at radius 2 is 1.90 bits per heavy atom. The standard InChI is InChI=1S/C14H13N3O2S/c15-9-8-12-4-6-14(7-5-12)20(18,19)17-11-13-3-1-2-10-16-13/h1-7,10,17H,8,11H2. The van der Waals surface area contributed by atoms with Gasteiger partial charge in [0.15, 0.2) is 0 Å². The number of nitrogens with one attached hydrogen (secondary N) is 1. The van der Waals surface area contributed by atoms with Crippen LogP contribution < -0.4 is 4.72 Å². The maximum atomic E-state index is 12.1. The van der Waals surface area contributed by atoms with Crippen LogP contribution in [0.3, 0.4) is 0 Å². The summed E-state index contributed by atoms with van der Waals surface area (Å²) in [7, 11) is -3.56. The van der Waals surface area contributed by atoms with E-state index in [4.69, 9.17) is 5.26 Å². The van der Waals surface area contributed by atoms with Crippen LogP contribution >= 0.6 is 0 Å². The molecule has 102 valence electrons. The second kappa shape index (κ2) is 6.28. The molecule has 0 unspecified atom stereocenters. The monoisotopic (exact) mass is 287 g/mol. The van der Waals surface area contributed by atoms with Crippen molar-refractivity contribution < 1.29 is 8.42 Å². The molecule has 0 bridgehead atoms. The van der Waals surface area contributed by atoms with E-state index in [0.29, 0.717) is 5.69 Å². The lowest BCUT2D eigenvalue weighted by Gasteiger charge is -2.06. The Labute approximate surface area is 118 Å². The van der Waals surface area contributed by atoms with Crippen LogP contribution in [0.2, 0.25) is 0 Å². The predicted molar refractivity (Wildman–Crippen MR) is 74.0 cm³/mol. The molecular formula is C14H13N3O2S. The molecule has 1 N–H and O–H groups in total. The first-order valence-electron chi connectivity index (χ1n) is 5.97. The van der Waals surface area contributed by atoms with Crippen molar-refractivity contribution in [2.75, 3.05) is 0 Å². The van der Waals surface area contributed by atoms with Crippen LogP contribution in [0.25, 0.3) is 0 Å². The van der Waals surface area contributed by atoms with Gasteiger partial charge in [-0.05, 0) is 29.8 Å². The van der Waals surface area contributed by atoms with Gasteiger partial charge in [-0.15, -0.1) is 0 Å². The van der Waals surface area contributed by atoms with E-state index in [1.807, 2.05) is 6.07 Å². The fourth-order valence-corrected chi connectivity index (χ4v) is 2.63. The second-order valence-corrected chi connectivity index (χ2v) is 5.89. The van der Waals surface area contributed by atoms with Crippen LogP contribution in [0.4, 0.5) is 0 Å². The average molecular weight is 287 g/mol. The van der Waals surface area contributed by atoms with Gasteiger partial charge >= 0.3 is 0 Å². The highest BCUT2D eigenvalue weighted by molar-refractivity contribution is 7.89. The highest BCUT2D eigenvalue weighted by Gasteiger charge is 2.13. The molecule has 2 aromatic rings. The van der Waals surface area contributed by atoms with Gasteiger partial charge in [-0.25, -0.2) is 13.1 Å². The van der Waals surface area contributed by atoms with E-state index < -0.39 is 10.0 Å². The van der Waals surface area contributed by atoms with Gasteiger partial charge in [-0.2, -0.15) is 5.26 Å². The molecular weight excluding hydrogens is 274 g/mol. The smallest absolute Gasteiger partial charge is 0.240 e. The summed E-state index contributed by atoms with van der Waals surface area (Å²) in [4.78, 5) is 4.23. The lowest BCUT2D eigenvalue weighted by atomic mass is 10.2. The number of nitriles is 1. The van der Waals surface area contributed by atoms with Gasteiger partial charge in [0.1, 0.15) is 0 Å². The highest BCUT2D eigenvalue weighted by atomic mass is 32.2. The fourth-order valence-electron chi connectivity index (χ4n) is 1.63. The predicted octanol–water partition coefficient (Wildman–Crippen LogP) is 1.63. The SMILES string of the molecule is N#CCc1ccc(S(=O)(=O)NCc2ccccn2)cc1. The van der Waals surface area contributed by atoms with Crippen molar-refractivity contribution in [3.05, 3.63) is 59.9 Å². The molecule has 2 rings (SSSR count). The summed E-state index contributed by atoms with van der Waals surface area (Å²) in [6, 6.07) is 13.6. The van der Waals surface area contributed by atoms with Gasteiger partial charge in [-0.1, -0.05) is 18.2 Å². The van der Waals surface area contributed by atoms with E-state index in [-0.39, 0.29) is 17.9 Å². The maximum absolute atomic E-state index is 12.1. The number of aromatic nitrogens is 1. The average Bonchev–Trinajstić information content (AvgIpc) is 2.47. The lowest BCUT2D eigenvalue weighted by Crippen LogP contribution is -2.23. The number of rotatable bonds is 5. The molecule has 0 atom stereocenters. The zero-order valence-corrected chi connectivity index (χ0v) is 11.5. The summed E-state index contributed by atoms with van der Waals surface area (Å²) < 4.78 is 26.6. The summed E-state index contributed by atoms with van der Waals surface area (Å²) in [6.45, 7) is 0.142. The molecule has 0 radical (unpaired) electrons. The summed E-state index contributed by atoms with van der Waals surface area (Å²) in [6.07, 6.45) is 1.88. The van der Waals surface area contributed by atoms with Crippen LogP contribution in [0, 0.1) is 11.3 Å². The van der Waals surface area contributed by atoms with Gasteiger partial charge in [0.25, 0.3) is 0 Å². The highest BCUT2D eigenvalue weighted by Crippen LogP contribution is 2.11. The van der Waals surface area contributed by atoms with Crippen molar-refractivity contribution in [2.24, 2.45) is 0 Å². The zero-order chi connectivity index (χ0) is 14.4. The topological polar surface area (TPSA) is 82.8 Å². The lowest BCUT2D eigenvalue weighted by molar-refractivity contribution is 0.580. The molecule has 0 saturated carbocycles. The van der Waals surface area contributed by atoms with Crippen molar-refractivity contribution in [1.29, 1.82) is 5.26 Å². The molecule has 5 nitrogen and oxygen atoms in total. The third kappa shape index (κ3) is 3.63. The number of pyridine rings is 1. The van der Waals surface area contributed by atoms with Crippen molar-refractivity contribution in [3.8, 4) is 6.07 Å². The first-order valence-corrected chi connectivity index (χ1v) is 7.45. The molecule has 0 amide bonds. The zero-order valence-electron chi connectivity index (χ0n) is 10.7. The number of hydrogen-bond donors (Lipinski definition) is 1. The van der Waals surface area contributed by atoms with E-state index in [9.17, 15) is 8.42 Å². The second-order valence-electron chi connectivity index (χ2n) is 4.12. The largest absolute Gasteiger partial charge is 0.260 e. The molecule has 6 heteroatoms. The van der Waals surface area contributed by atoms with Crippen molar-refractivity contribution >= 4 is 10.0 Å². The molecule has 1 heterocycles. The summed E-state index contributed by atoms with van der Waals surface area (Å²) in [5.41, 5.74) is 1.44. The van der Waals surface area contributed by atoms with Crippen molar-refractivity contribution in [3.63, 3.8) is 0 Å². The molecule has 0 aliphatic heterocycles. The first-order chi connectivity index (χ1) is 9.62. The normalized spacial score (nSPS) is 10.9. The third-order valence-electron chi connectivity index (χ3n) is 2.69. The third-order valence-corrected chi connectivity index (χ3v) is 4.10. The fraction of sp³-hybridized carbons (Fsp3) is 0.143. The van der Waals surface area contributed by atoms with Crippen LogP contribution in [0.15, 0.2) is 53.6 Å². The summed E-state index contributed by atoms with van der Waals surface area (Å²) >= 11 is 0. The molecule has 20 heavy (non-hydrogen) atoms. The Hall–Kier alpha value is -2.23. The molecule has 0 aliphatic carbocycles. The molecule has 0 aliphatic rings. The van der Waals surface area contributed by atoms with E-state index in [1.54, 1.807) is 36.5 Å². The number of hydrogen-bond acceptors (Lipinski definition) is 4. The van der Waals surface area contributed by atoms with Crippen LogP contribution in [0.1, 0.15) is 11.3 Å². The Morgan fingerprint density at radius 3 is 2.50 bits per heavy atom. The Morgan fingerprint density at radius 1 is 1.15 bits per heavy atom. The molecule has 0 spiro atoms. The van der Waals surface area contributed by atoms with Gasteiger partial charge in [-0.3, -0.25) is 4.98 Å². The number of nitrogens with zero attached hydrogens (tertiary/aromatic N) is 2. The number of benzene rings is 1. The first kappa shape index (κ1) is 14.2. The Bertz CT molecular complexity index is 704. The maximum Gasteiger partial charge on any atom is 0.240 e. The van der Waals surface area contributed by atoms with E-state index in [1.165, 1.54) is 12.1 Å². The minimum atomic E-state index is -3.56. The van der Waals surface area contributed by atoms with E-state index in [2.05, 4.69) is 9.71 Å². The molecule has 0 fully saturated rings. The molecule has 1 aromatic heterocycles. The molecule has 1 aromatic carbocycles. The quantitative estimate of drug-likeness (QED) is 0.906. The minimum absolute atomic E-state index is 0.142. The van der Waals surface area contributed by atoms with Crippen molar-refractivity contribution in [1.82, 2.24) is 9.71 Å². The van der Waals surface area contributed by atoms with E-state index >= 15 is 0 Å². The van der Waals surface area contributed by atoms with Crippen LogP contribution in [-0.4, -0.2) is 13.4 Å². The van der Waals surface area contributed by atoms with E-state index in [0.717, 1.165) is 5.56 Å². The van der Waals surface area contributed by atoms with Gasteiger partial charge < -0.3 is 0 Å². The summed E-state index contributed by atoms with van der Waals surface area (Å²) in [5.74, 6) is 0. The Balaban J connectivity index is 2.08. The summed E-state index contributed by atoms with van der Waals surface area (Å²) in [5, 5.41) is 8.57. The van der Waals surface area contributed by atoms with Gasteiger partial charge in [0.2, 0.25) is 10.0 Å². The minimum Gasteiger partial charge on any atom is -0.260 e. The van der Waals surface area contributed by atoms with Crippen LogP contribution in [-0.2, 0) is 23.0 Å². The van der Waals surface area contributed by atoms with Crippen molar-refractivity contribution in [2.45, 2.75) is 17.9 Å².